The average molecular weight is 247 g/mol. The molecule has 0 amide bonds. The molecule has 1 aromatic rings. The predicted octanol–water partition coefficient (Wildman–Crippen LogP) is 2.67. The molecule has 3 heteroatoms. The van der Waals surface area contributed by atoms with E-state index < -0.39 is 0 Å². The van der Waals surface area contributed by atoms with Crippen molar-refractivity contribution < 1.29 is 9.53 Å². The van der Waals surface area contributed by atoms with Crippen molar-refractivity contribution in [1.82, 2.24) is 0 Å². The standard InChI is InChI=1S/C15H21NO2/c1-18-13-5-6-14(12(9-13)10-17)15(11-16)7-3-2-4-8-15/h5-6,9-10H,2-4,7-8,11,16H2,1H3. The second-order valence-corrected chi connectivity index (χ2v) is 5.12. The van der Waals surface area contributed by atoms with Crippen molar-refractivity contribution in [3.8, 4) is 5.75 Å². The number of nitrogens with two attached hydrogens (primary N) is 1. The van der Waals surface area contributed by atoms with Crippen molar-refractivity contribution in [3.05, 3.63) is 29.3 Å². The largest absolute Gasteiger partial charge is 0.497 e. The molecule has 0 heterocycles. The third-order valence-corrected chi connectivity index (χ3v) is 4.16. The minimum atomic E-state index is -0.0131. The Morgan fingerprint density at radius 2 is 2.06 bits per heavy atom. The first-order chi connectivity index (χ1) is 8.75. The molecule has 18 heavy (non-hydrogen) atoms. The maximum atomic E-state index is 11.3. The van der Waals surface area contributed by atoms with E-state index >= 15 is 0 Å². The van der Waals surface area contributed by atoms with Crippen molar-refractivity contribution in [3.63, 3.8) is 0 Å². The van der Waals surface area contributed by atoms with Gasteiger partial charge in [-0.15, -0.1) is 0 Å². The summed E-state index contributed by atoms with van der Waals surface area (Å²) in [6.45, 7) is 0.611. The summed E-state index contributed by atoms with van der Waals surface area (Å²) >= 11 is 0. The highest BCUT2D eigenvalue weighted by atomic mass is 16.5. The van der Waals surface area contributed by atoms with E-state index in [9.17, 15) is 4.79 Å². The average Bonchev–Trinajstić information content (AvgIpc) is 2.47. The lowest BCUT2D eigenvalue weighted by molar-refractivity contribution is 0.111. The number of aldehydes is 1. The number of hydrogen-bond donors (Lipinski definition) is 1. The first-order valence-electron chi connectivity index (χ1n) is 6.59. The Bertz CT molecular complexity index is 423. The van der Waals surface area contributed by atoms with Gasteiger partial charge >= 0.3 is 0 Å². The van der Waals surface area contributed by atoms with E-state index in [2.05, 4.69) is 0 Å². The van der Waals surface area contributed by atoms with Gasteiger partial charge in [-0.25, -0.2) is 0 Å². The monoisotopic (exact) mass is 247 g/mol. The molecule has 0 saturated heterocycles. The molecule has 1 aliphatic rings. The van der Waals surface area contributed by atoms with Crippen LogP contribution in [0.3, 0.4) is 0 Å². The van der Waals surface area contributed by atoms with Crippen LogP contribution in [0.5, 0.6) is 5.75 Å². The van der Waals surface area contributed by atoms with Gasteiger partial charge in [-0.1, -0.05) is 25.3 Å². The maximum absolute atomic E-state index is 11.3. The van der Waals surface area contributed by atoms with Crippen molar-refractivity contribution in [2.45, 2.75) is 37.5 Å². The maximum Gasteiger partial charge on any atom is 0.150 e. The molecule has 0 bridgehead atoms. The van der Waals surface area contributed by atoms with Crippen LogP contribution in [0.25, 0.3) is 0 Å². The van der Waals surface area contributed by atoms with Crippen molar-refractivity contribution in [2.75, 3.05) is 13.7 Å². The summed E-state index contributed by atoms with van der Waals surface area (Å²) in [6, 6.07) is 5.75. The quantitative estimate of drug-likeness (QED) is 0.832. The molecule has 3 nitrogen and oxygen atoms in total. The molecule has 1 saturated carbocycles. The van der Waals surface area contributed by atoms with Gasteiger partial charge < -0.3 is 10.5 Å². The Morgan fingerprint density at radius 1 is 1.33 bits per heavy atom. The van der Waals surface area contributed by atoms with Crippen molar-refractivity contribution in [2.24, 2.45) is 5.73 Å². The molecule has 2 N–H and O–H groups in total. The number of benzene rings is 1. The third kappa shape index (κ3) is 2.27. The van der Waals surface area contributed by atoms with Gasteiger partial charge in [0.25, 0.3) is 0 Å². The molecule has 0 aromatic heterocycles. The number of ether oxygens (including phenoxy) is 1. The van der Waals surface area contributed by atoms with Gasteiger partial charge in [-0.2, -0.15) is 0 Å². The smallest absolute Gasteiger partial charge is 0.150 e. The van der Waals surface area contributed by atoms with Crippen LogP contribution in [0.4, 0.5) is 0 Å². The lowest BCUT2D eigenvalue weighted by Crippen LogP contribution is -2.38. The Kier molecular flexibility index (Phi) is 4.02. The molecule has 1 aliphatic carbocycles. The zero-order valence-corrected chi connectivity index (χ0v) is 10.9. The van der Waals surface area contributed by atoms with Crippen LogP contribution in [0.2, 0.25) is 0 Å². The summed E-state index contributed by atoms with van der Waals surface area (Å²) in [5.74, 6) is 0.726. The molecule has 0 radical (unpaired) electrons. The highest BCUT2D eigenvalue weighted by Crippen LogP contribution is 2.40. The molecular weight excluding hydrogens is 226 g/mol. The molecular formula is C15H21NO2. The van der Waals surface area contributed by atoms with E-state index in [1.807, 2.05) is 18.2 Å². The van der Waals surface area contributed by atoms with Crippen molar-refractivity contribution >= 4 is 6.29 Å². The zero-order chi connectivity index (χ0) is 13.0. The van der Waals surface area contributed by atoms with Crippen LogP contribution in [-0.4, -0.2) is 19.9 Å². The lowest BCUT2D eigenvalue weighted by Gasteiger charge is -2.37. The minimum absolute atomic E-state index is 0.0131. The fourth-order valence-corrected chi connectivity index (χ4v) is 3.06. The van der Waals surface area contributed by atoms with Crippen LogP contribution < -0.4 is 10.5 Å². The van der Waals surface area contributed by atoms with E-state index in [4.69, 9.17) is 10.5 Å². The molecule has 1 aromatic carbocycles. The molecule has 1 fully saturated rings. The number of rotatable bonds is 4. The number of carbonyl (C=O) groups is 1. The Hall–Kier alpha value is -1.35. The van der Waals surface area contributed by atoms with Crippen LogP contribution in [-0.2, 0) is 5.41 Å². The van der Waals surface area contributed by atoms with E-state index in [0.29, 0.717) is 6.54 Å². The fraction of sp³-hybridized carbons (Fsp3) is 0.533. The summed E-state index contributed by atoms with van der Waals surface area (Å²) in [6.07, 6.45) is 6.74. The minimum Gasteiger partial charge on any atom is -0.497 e. The highest BCUT2D eigenvalue weighted by Gasteiger charge is 2.34. The van der Waals surface area contributed by atoms with E-state index in [-0.39, 0.29) is 5.41 Å². The molecule has 0 atom stereocenters. The summed E-state index contributed by atoms with van der Waals surface area (Å²) in [5.41, 5.74) is 7.83. The Morgan fingerprint density at radius 3 is 2.61 bits per heavy atom. The van der Waals surface area contributed by atoms with Gasteiger partial charge in [-0.05, 0) is 30.5 Å². The number of methoxy groups -OCH3 is 1. The topological polar surface area (TPSA) is 52.3 Å². The SMILES string of the molecule is COc1ccc(C2(CN)CCCCC2)c(C=O)c1. The van der Waals surface area contributed by atoms with E-state index in [1.165, 1.54) is 19.3 Å². The van der Waals surface area contributed by atoms with Gasteiger partial charge in [0.15, 0.2) is 0 Å². The first-order valence-corrected chi connectivity index (χ1v) is 6.59. The normalized spacial score (nSPS) is 18.3. The van der Waals surface area contributed by atoms with E-state index in [1.54, 1.807) is 7.11 Å². The Balaban J connectivity index is 2.44. The van der Waals surface area contributed by atoms with Gasteiger partial charge in [0, 0.05) is 17.5 Å². The molecule has 0 unspecified atom stereocenters. The van der Waals surface area contributed by atoms with Gasteiger partial charge in [0.05, 0.1) is 7.11 Å². The summed E-state index contributed by atoms with van der Waals surface area (Å²) < 4.78 is 5.18. The lowest BCUT2D eigenvalue weighted by atomic mass is 9.68. The summed E-state index contributed by atoms with van der Waals surface area (Å²) in [4.78, 5) is 11.3. The summed E-state index contributed by atoms with van der Waals surface area (Å²) in [5, 5.41) is 0. The van der Waals surface area contributed by atoms with Crippen LogP contribution >= 0.6 is 0 Å². The Labute approximate surface area is 108 Å². The van der Waals surface area contributed by atoms with Gasteiger partial charge in [0.2, 0.25) is 0 Å². The third-order valence-electron chi connectivity index (χ3n) is 4.16. The second kappa shape index (κ2) is 5.53. The van der Waals surface area contributed by atoms with Crippen LogP contribution in [0.15, 0.2) is 18.2 Å². The van der Waals surface area contributed by atoms with E-state index in [0.717, 1.165) is 36.0 Å². The molecule has 2 rings (SSSR count). The van der Waals surface area contributed by atoms with Gasteiger partial charge in [0.1, 0.15) is 12.0 Å². The van der Waals surface area contributed by atoms with Crippen LogP contribution in [0, 0.1) is 0 Å². The first kappa shape index (κ1) is 13.1. The van der Waals surface area contributed by atoms with Crippen molar-refractivity contribution in [1.29, 1.82) is 0 Å². The van der Waals surface area contributed by atoms with Gasteiger partial charge in [-0.3, -0.25) is 4.79 Å². The molecule has 0 spiro atoms. The molecule has 0 aliphatic heterocycles. The van der Waals surface area contributed by atoms with Crippen LogP contribution in [0.1, 0.15) is 48.0 Å². The number of hydrogen-bond acceptors (Lipinski definition) is 3. The number of carbonyl (C=O) groups excluding carboxylic acids is 1. The zero-order valence-electron chi connectivity index (χ0n) is 10.9. The highest BCUT2D eigenvalue weighted by molar-refractivity contribution is 5.79. The summed E-state index contributed by atoms with van der Waals surface area (Å²) in [7, 11) is 1.61. The predicted molar refractivity (Wildman–Crippen MR) is 72.2 cm³/mol. The molecule has 98 valence electrons. The second-order valence-electron chi connectivity index (χ2n) is 5.12. The fourth-order valence-electron chi connectivity index (χ4n) is 3.06.